The number of hydrogen-bond donors (Lipinski definition) is 1. The first-order valence-corrected chi connectivity index (χ1v) is 11.1. The zero-order chi connectivity index (χ0) is 23.8. The molecule has 2 N–H and O–H groups in total. The third kappa shape index (κ3) is 4.03. The molecule has 5 rings (SSSR count). The monoisotopic (exact) mass is 458 g/mol. The summed E-state index contributed by atoms with van der Waals surface area (Å²) >= 11 is 0. The van der Waals surface area contributed by atoms with Gasteiger partial charge in [0, 0.05) is 30.7 Å². The Morgan fingerprint density at radius 1 is 1.09 bits per heavy atom. The van der Waals surface area contributed by atoms with Crippen LogP contribution in [-0.2, 0) is 13.1 Å². The second-order valence-corrected chi connectivity index (χ2v) is 8.52. The van der Waals surface area contributed by atoms with Crippen molar-refractivity contribution in [1.82, 2.24) is 29.3 Å². The van der Waals surface area contributed by atoms with Crippen molar-refractivity contribution in [2.45, 2.75) is 33.0 Å². The number of benzene rings is 1. The minimum Gasteiger partial charge on any atom is -0.467 e. The van der Waals surface area contributed by atoms with Crippen molar-refractivity contribution in [1.29, 1.82) is 0 Å². The molecular formula is C24H26N8O2. The van der Waals surface area contributed by atoms with Crippen LogP contribution in [0.25, 0.3) is 21.9 Å². The summed E-state index contributed by atoms with van der Waals surface area (Å²) in [6.07, 6.45) is 3.21. The van der Waals surface area contributed by atoms with Crippen molar-refractivity contribution in [3.63, 3.8) is 0 Å². The largest absolute Gasteiger partial charge is 0.467 e. The van der Waals surface area contributed by atoms with Crippen molar-refractivity contribution in [3.05, 3.63) is 76.5 Å². The van der Waals surface area contributed by atoms with Gasteiger partial charge >= 0.3 is 0 Å². The van der Waals surface area contributed by atoms with Gasteiger partial charge in [0.15, 0.2) is 5.82 Å². The molecule has 1 unspecified atom stereocenters. The Kier molecular flexibility index (Phi) is 5.58. The van der Waals surface area contributed by atoms with Gasteiger partial charge in [-0.15, -0.1) is 0 Å². The number of nitrogens with two attached hydrogens (primary N) is 1. The standard InChI is InChI=1S/C24H26N8O2/c1-15(25)12-30(3)24-29-20-11-26-32(23(33)22(20)31(24)13-17-7-6-10-34-17)14-21-27-16(2)18-8-4-5-9-19(18)28-21/h4-11,15H,12-14,25H2,1-3H3. The van der Waals surface area contributed by atoms with Crippen molar-refractivity contribution < 1.29 is 4.42 Å². The number of imidazole rings is 1. The fourth-order valence-electron chi connectivity index (χ4n) is 4.20. The van der Waals surface area contributed by atoms with Gasteiger partial charge in [0.05, 0.1) is 24.5 Å². The predicted molar refractivity (Wildman–Crippen MR) is 130 cm³/mol. The van der Waals surface area contributed by atoms with E-state index in [2.05, 4.69) is 15.1 Å². The Morgan fingerprint density at radius 3 is 2.68 bits per heavy atom. The van der Waals surface area contributed by atoms with Crippen molar-refractivity contribution in [2.24, 2.45) is 5.73 Å². The fraction of sp³-hybridized carbons (Fsp3) is 0.292. The highest BCUT2D eigenvalue weighted by molar-refractivity contribution is 5.80. The molecule has 10 heteroatoms. The molecule has 0 amide bonds. The van der Waals surface area contributed by atoms with Gasteiger partial charge in [-0.1, -0.05) is 18.2 Å². The van der Waals surface area contributed by atoms with Gasteiger partial charge in [-0.3, -0.25) is 9.36 Å². The van der Waals surface area contributed by atoms with Gasteiger partial charge in [-0.25, -0.2) is 19.6 Å². The third-order valence-corrected chi connectivity index (χ3v) is 5.66. The molecule has 0 fully saturated rings. The number of rotatable bonds is 7. The minimum absolute atomic E-state index is 0.0649. The van der Waals surface area contributed by atoms with E-state index >= 15 is 0 Å². The van der Waals surface area contributed by atoms with Crippen LogP contribution in [0.5, 0.6) is 0 Å². The highest BCUT2D eigenvalue weighted by Gasteiger charge is 2.21. The first-order chi connectivity index (χ1) is 16.4. The first-order valence-electron chi connectivity index (χ1n) is 11.1. The summed E-state index contributed by atoms with van der Waals surface area (Å²) in [6.45, 7) is 4.94. The van der Waals surface area contributed by atoms with Crippen LogP contribution in [0.3, 0.4) is 0 Å². The van der Waals surface area contributed by atoms with Gasteiger partial charge < -0.3 is 15.1 Å². The molecule has 4 heterocycles. The van der Waals surface area contributed by atoms with Crippen LogP contribution in [0.15, 0.2) is 58.1 Å². The van der Waals surface area contributed by atoms with Crippen molar-refractivity contribution in [2.75, 3.05) is 18.5 Å². The molecule has 174 valence electrons. The van der Waals surface area contributed by atoms with E-state index in [9.17, 15) is 4.79 Å². The number of para-hydroxylation sites is 1. The van der Waals surface area contributed by atoms with E-state index in [0.29, 0.717) is 41.7 Å². The van der Waals surface area contributed by atoms with Crippen LogP contribution in [0.1, 0.15) is 24.2 Å². The summed E-state index contributed by atoms with van der Waals surface area (Å²) in [5.41, 5.74) is 8.38. The summed E-state index contributed by atoms with van der Waals surface area (Å²) in [5, 5.41) is 5.35. The second kappa shape index (κ2) is 8.71. The van der Waals surface area contributed by atoms with Gasteiger partial charge in [0.25, 0.3) is 5.56 Å². The molecular weight excluding hydrogens is 432 g/mol. The van der Waals surface area contributed by atoms with Gasteiger partial charge in [-0.2, -0.15) is 5.10 Å². The number of fused-ring (bicyclic) bond motifs is 2. The zero-order valence-corrected chi connectivity index (χ0v) is 19.3. The maximum atomic E-state index is 13.6. The van der Waals surface area contributed by atoms with Crippen molar-refractivity contribution >= 4 is 27.9 Å². The molecule has 10 nitrogen and oxygen atoms in total. The third-order valence-electron chi connectivity index (χ3n) is 5.66. The summed E-state index contributed by atoms with van der Waals surface area (Å²) in [5.74, 6) is 1.86. The lowest BCUT2D eigenvalue weighted by molar-refractivity contribution is 0.494. The number of aromatic nitrogens is 6. The molecule has 0 aliphatic heterocycles. The Labute approximate surface area is 195 Å². The van der Waals surface area contributed by atoms with Crippen LogP contribution >= 0.6 is 0 Å². The molecule has 0 bridgehead atoms. The van der Waals surface area contributed by atoms with E-state index in [1.54, 1.807) is 12.5 Å². The molecule has 4 aromatic heterocycles. The van der Waals surface area contributed by atoms with E-state index in [1.807, 2.05) is 66.8 Å². The van der Waals surface area contributed by atoms with E-state index < -0.39 is 0 Å². The molecule has 1 aromatic carbocycles. The van der Waals surface area contributed by atoms with Crippen LogP contribution in [0.2, 0.25) is 0 Å². The summed E-state index contributed by atoms with van der Waals surface area (Å²) < 4.78 is 8.78. The smallest absolute Gasteiger partial charge is 0.293 e. The van der Waals surface area contributed by atoms with E-state index in [-0.39, 0.29) is 18.1 Å². The molecule has 0 aliphatic carbocycles. The first kappa shape index (κ1) is 21.8. The minimum atomic E-state index is -0.272. The fourth-order valence-corrected chi connectivity index (χ4v) is 4.20. The van der Waals surface area contributed by atoms with Gasteiger partial charge in [0.2, 0.25) is 5.95 Å². The number of furan rings is 1. The van der Waals surface area contributed by atoms with E-state index in [4.69, 9.17) is 15.1 Å². The SMILES string of the molecule is Cc1nc(Cn2ncc3nc(N(C)CC(C)N)n(Cc4ccco4)c3c2=O)nc2ccccc12. The number of likely N-dealkylation sites (N-methyl/N-ethyl adjacent to an activating group) is 1. The lowest BCUT2D eigenvalue weighted by atomic mass is 10.2. The maximum absolute atomic E-state index is 13.6. The summed E-state index contributed by atoms with van der Waals surface area (Å²) in [6, 6.07) is 11.4. The van der Waals surface area contributed by atoms with Gasteiger partial charge in [0.1, 0.15) is 23.3 Å². The molecule has 0 radical (unpaired) electrons. The normalized spacial score (nSPS) is 12.5. The van der Waals surface area contributed by atoms with Crippen LogP contribution in [0, 0.1) is 6.92 Å². The van der Waals surface area contributed by atoms with Gasteiger partial charge in [-0.05, 0) is 32.0 Å². The average Bonchev–Trinajstić information content (AvgIpc) is 3.44. The highest BCUT2D eigenvalue weighted by Crippen LogP contribution is 2.21. The zero-order valence-electron chi connectivity index (χ0n) is 19.3. The quantitative estimate of drug-likeness (QED) is 0.394. The van der Waals surface area contributed by atoms with E-state index in [1.165, 1.54) is 4.68 Å². The highest BCUT2D eigenvalue weighted by atomic mass is 16.3. The van der Waals surface area contributed by atoms with Crippen LogP contribution < -0.4 is 16.2 Å². The Bertz CT molecular complexity index is 1520. The second-order valence-electron chi connectivity index (χ2n) is 8.52. The molecule has 34 heavy (non-hydrogen) atoms. The lowest BCUT2D eigenvalue weighted by Crippen LogP contribution is -2.34. The number of aryl methyl sites for hydroxylation is 1. The number of nitrogens with zero attached hydrogens (tertiary/aromatic N) is 7. The number of anilines is 1. The maximum Gasteiger partial charge on any atom is 0.293 e. The average molecular weight is 459 g/mol. The van der Waals surface area contributed by atoms with Crippen LogP contribution in [0.4, 0.5) is 5.95 Å². The number of hydrogen-bond acceptors (Lipinski definition) is 8. The van der Waals surface area contributed by atoms with Crippen molar-refractivity contribution in [3.8, 4) is 0 Å². The molecule has 0 saturated heterocycles. The Balaban J connectivity index is 1.61. The molecule has 5 aromatic rings. The predicted octanol–water partition coefficient (Wildman–Crippen LogP) is 2.32. The topological polar surface area (TPSA) is 121 Å². The summed E-state index contributed by atoms with van der Waals surface area (Å²) in [7, 11) is 1.90. The molecule has 0 spiro atoms. The Hall–Kier alpha value is -4.05. The molecule has 0 saturated carbocycles. The molecule has 0 aliphatic rings. The van der Waals surface area contributed by atoms with Crippen LogP contribution in [-0.4, -0.2) is 48.9 Å². The lowest BCUT2D eigenvalue weighted by Gasteiger charge is -2.21. The Morgan fingerprint density at radius 2 is 1.91 bits per heavy atom. The summed E-state index contributed by atoms with van der Waals surface area (Å²) in [4.78, 5) is 29.5. The van der Waals surface area contributed by atoms with E-state index in [0.717, 1.165) is 16.6 Å². The molecule has 1 atom stereocenters.